The summed E-state index contributed by atoms with van der Waals surface area (Å²) in [4.78, 5) is 11.3. The first kappa shape index (κ1) is 12.0. The summed E-state index contributed by atoms with van der Waals surface area (Å²) in [6.07, 6.45) is -0.478. The van der Waals surface area contributed by atoms with E-state index in [2.05, 4.69) is 5.32 Å². The number of aromatic hydroxyl groups is 1. The number of hydrogen-bond donors (Lipinski definition) is 2. The number of halogens is 1. The fourth-order valence-corrected chi connectivity index (χ4v) is 2.13. The lowest BCUT2D eigenvalue weighted by atomic mass is 9.80. The topological polar surface area (TPSA) is 58.6 Å². The molecule has 1 aliphatic rings. The highest BCUT2D eigenvalue weighted by Gasteiger charge is 2.39. The zero-order chi connectivity index (χ0) is 12.6. The van der Waals surface area contributed by atoms with Gasteiger partial charge in [-0.25, -0.2) is 4.79 Å². The Balaban J connectivity index is 2.42. The molecule has 0 aliphatic carbocycles. The highest BCUT2D eigenvalue weighted by Crippen LogP contribution is 2.40. The van der Waals surface area contributed by atoms with Gasteiger partial charge < -0.3 is 15.2 Å². The summed E-state index contributed by atoms with van der Waals surface area (Å²) in [5.74, 6) is 0.120. The molecule has 2 N–H and O–H groups in total. The Morgan fingerprint density at radius 2 is 2.24 bits per heavy atom. The number of carbonyl (C=O) groups is 1. The van der Waals surface area contributed by atoms with Crippen LogP contribution in [-0.4, -0.2) is 17.8 Å². The van der Waals surface area contributed by atoms with Gasteiger partial charge in [0.15, 0.2) is 0 Å². The number of phenols is 1. The molecule has 1 aliphatic heterocycles. The number of hydrogen-bond acceptors (Lipinski definition) is 3. The molecule has 0 radical (unpaired) electrons. The lowest BCUT2D eigenvalue weighted by molar-refractivity contribution is 0.0381. The van der Waals surface area contributed by atoms with Gasteiger partial charge in [-0.3, -0.25) is 0 Å². The lowest BCUT2D eigenvalue weighted by Crippen LogP contribution is -2.46. The summed E-state index contributed by atoms with van der Waals surface area (Å²) < 4.78 is 4.95. The number of ether oxygens (including phenoxy) is 1. The van der Waals surface area contributed by atoms with Gasteiger partial charge in [-0.15, -0.1) is 0 Å². The van der Waals surface area contributed by atoms with Gasteiger partial charge in [-0.05, 0) is 18.2 Å². The molecular formula is C12H14ClNO3. The Morgan fingerprint density at radius 3 is 2.94 bits per heavy atom. The van der Waals surface area contributed by atoms with E-state index in [1.54, 1.807) is 12.1 Å². The third kappa shape index (κ3) is 2.31. The zero-order valence-electron chi connectivity index (χ0n) is 9.66. The van der Waals surface area contributed by atoms with Crippen molar-refractivity contribution in [3.05, 3.63) is 28.8 Å². The number of amides is 1. The van der Waals surface area contributed by atoms with Crippen molar-refractivity contribution in [2.24, 2.45) is 5.41 Å². The van der Waals surface area contributed by atoms with Crippen LogP contribution in [0.3, 0.4) is 0 Å². The molecule has 4 nitrogen and oxygen atoms in total. The van der Waals surface area contributed by atoms with E-state index in [9.17, 15) is 9.90 Å². The molecule has 1 fully saturated rings. The Morgan fingerprint density at radius 1 is 1.53 bits per heavy atom. The summed E-state index contributed by atoms with van der Waals surface area (Å²) in [5, 5.41) is 13.1. The van der Waals surface area contributed by atoms with Crippen molar-refractivity contribution in [3.8, 4) is 5.75 Å². The summed E-state index contributed by atoms with van der Waals surface area (Å²) >= 11 is 5.91. The van der Waals surface area contributed by atoms with Crippen LogP contribution in [0.1, 0.15) is 25.5 Å². The molecular weight excluding hydrogens is 242 g/mol. The van der Waals surface area contributed by atoms with Crippen LogP contribution in [0.25, 0.3) is 0 Å². The van der Waals surface area contributed by atoms with Crippen molar-refractivity contribution in [2.75, 3.05) is 6.61 Å². The van der Waals surface area contributed by atoms with Gasteiger partial charge in [0.1, 0.15) is 12.4 Å². The number of nitrogens with one attached hydrogen (secondary N) is 1. The first-order valence-electron chi connectivity index (χ1n) is 5.32. The monoisotopic (exact) mass is 255 g/mol. The minimum Gasteiger partial charge on any atom is -0.508 e. The van der Waals surface area contributed by atoms with E-state index in [4.69, 9.17) is 16.3 Å². The number of alkyl carbamates (subject to hydrolysis) is 1. The molecule has 1 aromatic carbocycles. The van der Waals surface area contributed by atoms with Gasteiger partial charge in [0.25, 0.3) is 0 Å². The number of benzene rings is 1. The van der Waals surface area contributed by atoms with Crippen molar-refractivity contribution >= 4 is 17.7 Å². The molecule has 1 heterocycles. The second-order valence-electron chi connectivity index (χ2n) is 4.85. The SMILES string of the molecule is CC1(C)COC(=O)N[C@H]1c1cc(Cl)ccc1O. The van der Waals surface area contributed by atoms with Crippen LogP contribution in [0.2, 0.25) is 5.02 Å². The Bertz CT molecular complexity index is 459. The van der Waals surface area contributed by atoms with Crippen molar-refractivity contribution in [1.29, 1.82) is 0 Å². The Hall–Kier alpha value is -1.42. The van der Waals surface area contributed by atoms with Gasteiger partial charge in [-0.2, -0.15) is 0 Å². The number of carbonyl (C=O) groups excluding carboxylic acids is 1. The number of cyclic esters (lactones) is 1. The molecule has 2 rings (SSSR count). The quantitative estimate of drug-likeness (QED) is 0.811. The highest BCUT2D eigenvalue weighted by atomic mass is 35.5. The fourth-order valence-electron chi connectivity index (χ4n) is 1.95. The molecule has 1 aromatic rings. The molecule has 5 heteroatoms. The molecule has 0 spiro atoms. The predicted octanol–water partition coefficient (Wildman–Crippen LogP) is 2.85. The van der Waals surface area contributed by atoms with E-state index in [1.807, 2.05) is 13.8 Å². The van der Waals surface area contributed by atoms with E-state index in [-0.39, 0.29) is 17.2 Å². The normalized spacial score (nSPS) is 22.8. The number of rotatable bonds is 1. The Labute approximate surface area is 105 Å². The molecule has 0 aromatic heterocycles. The third-order valence-corrected chi connectivity index (χ3v) is 3.15. The average molecular weight is 256 g/mol. The van der Waals surface area contributed by atoms with Crippen LogP contribution in [-0.2, 0) is 4.74 Å². The van der Waals surface area contributed by atoms with Gasteiger partial charge in [0.05, 0.1) is 6.04 Å². The molecule has 17 heavy (non-hydrogen) atoms. The van der Waals surface area contributed by atoms with Crippen molar-refractivity contribution < 1.29 is 14.6 Å². The molecule has 1 amide bonds. The average Bonchev–Trinajstić information content (AvgIpc) is 2.26. The lowest BCUT2D eigenvalue weighted by Gasteiger charge is -2.38. The standard InChI is InChI=1S/C12H14ClNO3/c1-12(2)6-17-11(16)14-10(12)8-5-7(13)3-4-9(8)15/h3-5,10,15H,6H2,1-2H3,(H,14,16)/t10-/m0/s1. The van der Waals surface area contributed by atoms with Crippen LogP contribution in [0.15, 0.2) is 18.2 Å². The molecule has 1 saturated heterocycles. The van der Waals surface area contributed by atoms with Crippen LogP contribution in [0, 0.1) is 5.41 Å². The summed E-state index contributed by atoms with van der Waals surface area (Å²) in [5.41, 5.74) is 0.301. The zero-order valence-corrected chi connectivity index (χ0v) is 10.4. The molecule has 0 bridgehead atoms. The molecule has 0 saturated carbocycles. The Kier molecular flexibility index (Phi) is 2.91. The highest BCUT2D eigenvalue weighted by molar-refractivity contribution is 6.30. The maximum absolute atomic E-state index is 11.3. The van der Waals surface area contributed by atoms with Crippen LogP contribution in [0.4, 0.5) is 4.79 Å². The minimum absolute atomic E-state index is 0.120. The maximum atomic E-state index is 11.3. The van der Waals surface area contributed by atoms with Gasteiger partial charge in [0, 0.05) is 16.0 Å². The predicted molar refractivity (Wildman–Crippen MR) is 64.1 cm³/mol. The van der Waals surface area contributed by atoms with Gasteiger partial charge >= 0.3 is 6.09 Å². The van der Waals surface area contributed by atoms with Gasteiger partial charge in [0.2, 0.25) is 0 Å². The van der Waals surface area contributed by atoms with Gasteiger partial charge in [-0.1, -0.05) is 25.4 Å². The largest absolute Gasteiger partial charge is 0.508 e. The smallest absolute Gasteiger partial charge is 0.407 e. The van der Waals surface area contributed by atoms with Crippen molar-refractivity contribution in [3.63, 3.8) is 0 Å². The van der Waals surface area contributed by atoms with Crippen LogP contribution >= 0.6 is 11.6 Å². The van der Waals surface area contributed by atoms with Crippen molar-refractivity contribution in [1.82, 2.24) is 5.32 Å². The van der Waals surface area contributed by atoms with Crippen LogP contribution in [0.5, 0.6) is 5.75 Å². The van der Waals surface area contributed by atoms with Crippen molar-refractivity contribution in [2.45, 2.75) is 19.9 Å². The third-order valence-electron chi connectivity index (χ3n) is 2.92. The molecule has 0 unspecified atom stereocenters. The van der Waals surface area contributed by atoms with Crippen LogP contribution < -0.4 is 5.32 Å². The first-order valence-corrected chi connectivity index (χ1v) is 5.70. The summed E-state index contributed by atoms with van der Waals surface area (Å²) in [7, 11) is 0. The second kappa shape index (κ2) is 4.11. The van der Waals surface area contributed by atoms with E-state index in [0.717, 1.165) is 0 Å². The summed E-state index contributed by atoms with van der Waals surface area (Å²) in [6.45, 7) is 4.21. The maximum Gasteiger partial charge on any atom is 0.407 e. The van der Waals surface area contributed by atoms with E-state index >= 15 is 0 Å². The number of phenolic OH excluding ortho intramolecular Hbond substituents is 1. The summed E-state index contributed by atoms with van der Waals surface area (Å²) in [6, 6.07) is 4.47. The minimum atomic E-state index is -0.478. The second-order valence-corrected chi connectivity index (χ2v) is 5.28. The first-order chi connectivity index (χ1) is 7.90. The molecule has 1 atom stereocenters. The van der Waals surface area contributed by atoms with E-state index in [1.165, 1.54) is 6.07 Å². The molecule has 92 valence electrons. The fraction of sp³-hybridized carbons (Fsp3) is 0.417. The van der Waals surface area contributed by atoms with E-state index < -0.39 is 6.09 Å². The van der Waals surface area contributed by atoms with E-state index in [0.29, 0.717) is 17.2 Å².